The zero-order valence-corrected chi connectivity index (χ0v) is 15.6. The van der Waals surface area contributed by atoms with E-state index >= 15 is 0 Å². The van der Waals surface area contributed by atoms with E-state index in [1.54, 1.807) is 0 Å². The van der Waals surface area contributed by atoms with Gasteiger partial charge in [0.1, 0.15) is 16.6 Å². The Morgan fingerprint density at radius 2 is 2.00 bits per heavy atom. The van der Waals surface area contributed by atoms with Gasteiger partial charge in [0.05, 0.1) is 11.8 Å². The van der Waals surface area contributed by atoms with Crippen LogP contribution in [0.4, 0.5) is 14.7 Å². The fraction of sp³-hybridized carbons (Fsp3) is 0.316. The van der Waals surface area contributed by atoms with Crippen LogP contribution in [0.25, 0.3) is 11.4 Å². The van der Waals surface area contributed by atoms with Crippen molar-refractivity contribution in [2.75, 3.05) is 5.73 Å². The largest absolute Gasteiger partial charge is 0.490 e. The number of hydrogen-bond donors (Lipinski definition) is 1. The van der Waals surface area contributed by atoms with Crippen LogP contribution in [0.5, 0.6) is 5.75 Å². The summed E-state index contributed by atoms with van der Waals surface area (Å²) in [7, 11) is 0. The Morgan fingerprint density at radius 3 is 2.68 bits per heavy atom. The van der Waals surface area contributed by atoms with Crippen LogP contribution in [-0.2, 0) is 6.42 Å². The van der Waals surface area contributed by atoms with Gasteiger partial charge in [0, 0.05) is 24.2 Å². The lowest BCUT2D eigenvalue weighted by Crippen LogP contribution is -2.25. The van der Waals surface area contributed by atoms with Gasteiger partial charge in [-0.05, 0) is 30.9 Å². The first kappa shape index (κ1) is 18.6. The Hall–Kier alpha value is -2.74. The molecule has 0 atom stereocenters. The van der Waals surface area contributed by atoms with Crippen LogP contribution < -0.4 is 10.5 Å². The van der Waals surface area contributed by atoms with Gasteiger partial charge in [-0.15, -0.1) is 0 Å². The molecule has 1 fully saturated rings. The van der Waals surface area contributed by atoms with Gasteiger partial charge in [-0.2, -0.15) is 13.9 Å². The number of alkyl halides is 2. The van der Waals surface area contributed by atoms with Crippen LogP contribution in [0.1, 0.15) is 36.9 Å². The highest BCUT2D eigenvalue weighted by atomic mass is 35.5. The fourth-order valence-electron chi connectivity index (χ4n) is 3.07. The van der Waals surface area contributed by atoms with Crippen molar-refractivity contribution in [1.29, 1.82) is 0 Å². The van der Waals surface area contributed by atoms with Crippen LogP contribution in [0.2, 0.25) is 5.15 Å². The van der Waals surface area contributed by atoms with Crippen molar-refractivity contribution in [3.05, 3.63) is 52.8 Å². The Kier molecular flexibility index (Phi) is 5.13. The predicted octanol–water partition coefficient (Wildman–Crippen LogP) is 4.49. The summed E-state index contributed by atoms with van der Waals surface area (Å²) in [6, 6.07) is 9.05. The third-order valence-electron chi connectivity index (χ3n) is 4.66. The van der Waals surface area contributed by atoms with E-state index in [2.05, 4.69) is 15.1 Å². The summed E-state index contributed by atoms with van der Waals surface area (Å²) in [5, 5.41) is 4.12. The van der Waals surface area contributed by atoms with E-state index in [1.165, 1.54) is 12.3 Å². The van der Waals surface area contributed by atoms with E-state index in [9.17, 15) is 8.78 Å². The average Bonchev–Trinajstić information content (AvgIpc) is 3.03. The summed E-state index contributed by atoms with van der Waals surface area (Å²) in [5.74, 6) is 0.706. The van der Waals surface area contributed by atoms with Crippen molar-refractivity contribution >= 4 is 17.5 Å². The molecule has 4 rings (SSSR count). The van der Waals surface area contributed by atoms with Crippen LogP contribution in [-0.4, -0.2) is 25.9 Å². The summed E-state index contributed by atoms with van der Waals surface area (Å²) in [6.07, 6.45) is 5.10. The molecule has 1 saturated carbocycles. The minimum atomic E-state index is -2.77. The maximum absolute atomic E-state index is 13.3. The van der Waals surface area contributed by atoms with Crippen molar-refractivity contribution in [3.63, 3.8) is 0 Å². The summed E-state index contributed by atoms with van der Waals surface area (Å²) < 4.78 is 33.2. The molecule has 0 bridgehead atoms. The second-order valence-corrected chi connectivity index (χ2v) is 7.04. The molecular weight excluding hydrogens is 388 g/mol. The molecular formula is C19H18ClF2N5O. The molecule has 0 unspecified atom stereocenters. The minimum Gasteiger partial charge on any atom is -0.490 e. The van der Waals surface area contributed by atoms with E-state index < -0.39 is 6.55 Å². The molecule has 28 heavy (non-hydrogen) atoms. The predicted molar refractivity (Wildman–Crippen MR) is 101 cm³/mol. The third kappa shape index (κ3) is 3.91. The van der Waals surface area contributed by atoms with Crippen molar-refractivity contribution in [2.45, 2.75) is 38.3 Å². The Bertz CT molecular complexity index is 970. The number of hydrogen-bond acceptors (Lipinski definition) is 5. The molecule has 1 aliphatic rings. The molecule has 0 radical (unpaired) electrons. The molecule has 2 aromatic heterocycles. The molecule has 0 saturated heterocycles. The minimum absolute atomic E-state index is 0.0474. The van der Waals surface area contributed by atoms with E-state index in [4.69, 9.17) is 22.1 Å². The normalized spacial score (nSPS) is 14.3. The number of ether oxygens (including phenoxy) is 1. The number of aromatic nitrogens is 4. The van der Waals surface area contributed by atoms with Crippen molar-refractivity contribution in [1.82, 2.24) is 19.7 Å². The first-order valence-electron chi connectivity index (χ1n) is 8.91. The quantitative estimate of drug-likeness (QED) is 0.611. The van der Waals surface area contributed by atoms with Gasteiger partial charge in [0.15, 0.2) is 0 Å². The molecule has 0 amide bonds. The zero-order valence-electron chi connectivity index (χ0n) is 14.9. The maximum Gasteiger partial charge on any atom is 0.333 e. The number of para-hydroxylation sites is 1. The molecule has 3 aromatic rings. The molecule has 2 heterocycles. The first-order chi connectivity index (χ1) is 13.5. The topological polar surface area (TPSA) is 78.8 Å². The van der Waals surface area contributed by atoms with Crippen molar-refractivity contribution in [2.24, 2.45) is 0 Å². The standard InChI is InChI=1S/C19H18ClF2N5O/c20-16-9-14(24-19(23)25-16)17-12(10-27(26-17)18(21)22)8-11-4-1-2-7-15(11)28-13-5-3-6-13/h1-2,4,7,9-10,13,18H,3,5-6,8H2,(H2,23,24,25). The molecule has 0 spiro atoms. The third-order valence-corrected chi connectivity index (χ3v) is 4.86. The molecule has 0 aliphatic heterocycles. The highest BCUT2D eigenvalue weighted by Gasteiger charge is 2.22. The fourth-order valence-corrected chi connectivity index (χ4v) is 3.26. The lowest BCUT2D eigenvalue weighted by atomic mass is 9.96. The second-order valence-electron chi connectivity index (χ2n) is 6.65. The number of nitrogens with zero attached hydrogens (tertiary/aromatic N) is 4. The Balaban J connectivity index is 1.71. The number of benzene rings is 1. The summed E-state index contributed by atoms with van der Waals surface area (Å²) >= 11 is 5.95. The van der Waals surface area contributed by atoms with E-state index in [-0.39, 0.29) is 22.9 Å². The Morgan fingerprint density at radius 1 is 1.21 bits per heavy atom. The highest BCUT2D eigenvalue weighted by molar-refractivity contribution is 6.29. The zero-order chi connectivity index (χ0) is 19.7. The Labute approximate surface area is 165 Å². The van der Waals surface area contributed by atoms with Gasteiger partial charge >= 0.3 is 6.55 Å². The highest BCUT2D eigenvalue weighted by Crippen LogP contribution is 2.32. The van der Waals surface area contributed by atoms with E-state index in [0.717, 1.165) is 30.6 Å². The van der Waals surface area contributed by atoms with Gasteiger partial charge < -0.3 is 10.5 Å². The van der Waals surface area contributed by atoms with Gasteiger partial charge in [-0.1, -0.05) is 29.8 Å². The molecule has 1 aromatic carbocycles. The van der Waals surface area contributed by atoms with E-state index in [0.29, 0.717) is 22.4 Å². The number of halogens is 3. The van der Waals surface area contributed by atoms with Gasteiger partial charge in [-0.25, -0.2) is 14.6 Å². The lowest BCUT2D eigenvalue weighted by Gasteiger charge is -2.27. The average molecular weight is 406 g/mol. The van der Waals surface area contributed by atoms with Gasteiger partial charge in [0.25, 0.3) is 0 Å². The summed E-state index contributed by atoms with van der Waals surface area (Å²) in [6.45, 7) is -2.77. The maximum atomic E-state index is 13.3. The molecule has 6 nitrogen and oxygen atoms in total. The number of nitrogens with two attached hydrogens (primary N) is 1. The van der Waals surface area contributed by atoms with Crippen LogP contribution >= 0.6 is 11.6 Å². The monoisotopic (exact) mass is 405 g/mol. The number of rotatable bonds is 6. The SMILES string of the molecule is Nc1nc(Cl)cc(-c2nn(C(F)F)cc2Cc2ccccc2OC2CCC2)n1. The van der Waals surface area contributed by atoms with Crippen LogP contribution in [0.15, 0.2) is 36.5 Å². The smallest absolute Gasteiger partial charge is 0.333 e. The summed E-state index contributed by atoms with van der Waals surface area (Å²) in [4.78, 5) is 7.91. The van der Waals surface area contributed by atoms with Crippen LogP contribution in [0.3, 0.4) is 0 Å². The number of anilines is 1. The molecule has 146 valence electrons. The molecule has 2 N–H and O–H groups in total. The van der Waals surface area contributed by atoms with Gasteiger partial charge in [-0.3, -0.25) is 0 Å². The van der Waals surface area contributed by atoms with Crippen molar-refractivity contribution < 1.29 is 13.5 Å². The van der Waals surface area contributed by atoms with Crippen molar-refractivity contribution in [3.8, 4) is 17.1 Å². The number of nitrogen functional groups attached to an aromatic ring is 1. The van der Waals surface area contributed by atoms with E-state index in [1.807, 2.05) is 24.3 Å². The summed E-state index contributed by atoms with van der Waals surface area (Å²) in [5.41, 5.74) is 7.70. The molecule has 9 heteroatoms. The molecule has 1 aliphatic carbocycles. The van der Waals surface area contributed by atoms with Crippen LogP contribution in [0, 0.1) is 0 Å². The first-order valence-corrected chi connectivity index (χ1v) is 9.28. The van der Waals surface area contributed by atoms with Gasteiger partial charge in [0.2, 0.25) is 5.95 Å². The second kappa shape index (κ2) is 7.71. The lowest BCUT2D eigenvalue weighted by molar-refractivity contribution is 0.0567.